The van der Waals surface area contributed by atoms with Crippen LogP contribution in [-0.2, 0) is 22.0 Å². The Balaban J connectivity index is 3.29. The second-order valence-electron chi connectivity index (χ2n) is 2.99. The second-order valence-corrected chi connectivity index (χ2v) is 5.85. The zero-order valence-electron chi connectivity index (χ0n) is 8.44. The average molecular weight is 282 g/mol. The Morgan fingerprint density at radius 2 is 2.19 bits per heavy atom. The van der Waals surface area contributed by atoms with Crippen LogP contribution in [0, 0.1) is 11.3 Å². The quantitative estimate of drug-likeness (QED) is 0.791. The Kier molecular flexibility index (Phi) is 4.19. The number of hydrogen-bond donors (Lipinski definition) is 0. The molecule has 0 atom stereocenters. The van der Waals surface area contributed by atoms with Gasteiger partial charge in [0.25, 0.3) is 9.05 Å². The fourth-order valence-electron chi connectivity index (χ4n) is 1.25. The van der Waals surface area contributed by atoms with Gasteiger partial charge in [-0.2, -0.15) is 10.4 Å². The molecule has 16 heavy (non-hydrogen) atoms. The van der Waals surface area contributed by atoms with Crippen LogP contribution >= 0.6 is 22.3 Å². The molecule has 0 bridgehead atoms. The highest BCUT2D eigenvalue weighted by Crippen LogP contribution is 2.28. The molecule has 0 aliphatic carbocycles. The van der Waals surface area contributed by atoms with Crippen LogP contribution < -0.4 is 0 Å². The van der Waals surface area contributed by atoms with Crippen molar-refractivity contribution in [2.45, 2.75) is 31.2 Å². The number of rotatable bonds is 4. The molecular formula is C8H9Cl2N3O2S. The number of aryl methyl sites for hydroxylation is 2. The summed E-state index contributed by atoms with van der Waals surface area (Å²) in [5.74, 6) is 0. The highest BCUT2D eigenvalue weighted by Gasteiger charge is 2.25. The Hall–Kier alpha value is -0.770. The van der Waals surface area contributed by atoms with E-state index in [4.69, 9.17) is 27.5 Å². The fourth-order valence-corrected chi connectivity index (χ4v) is 3.16. The van der Waals surface area contributed by atoms with Crippen molar-refractivity contribution in [3.63, 3.8) is 0 Å². The number of nitrogens with zero attached hydrogens (tertiary/aromatic N) is 3. The van der Waals surface area contributed by atoms with Gasteiger partial charge in [0.2, 0.25) is 0 Å². The van der Waals surface area contributed by atoms with Gasteiger partial charge >= 0.3 is 0 Å². The summed E-state index contributed by atoms with van der Waals surface area (Å²) in [6, 6.07) is 1.93. The Morgan fingerprint density at radius 1 is 1.56 bits per heavy atom. The van der Waals surface area contributed by atoms with Crippen LogP contribution in [-0.4, -0.2) is 18.2 Å². The Morgan fingerprint density at radius 3 is 2.56 bits per heavy atom. The number of hydrogen-bond acceptors (Lipinski definition) is 4. The van der Waals surface area contributed by atoms with Crippen LogP contribution in [0.15, 0.2) is 4.90 Å². The Labute approximate surface area is 103 Å². The smallest absolute Gasteiger partial charge is 0.251 e. The van der Waals surface area contributed by atoms with Crippen molar-refractivity contribution < 1.29 is 8.42 Å². The first-order valence-corrected chi connectivity index (χ1v) is 7.17. The van der Waals surface area contributed by atoms with Crippen LogP contribution in [0.2, 0.25) is 5.15 Å². The van der Waals surface area contributed by atoms with Crippen LogP contribution in [0.25, 0.3) is 0 Å². The molecule has 1 aromatic heterocycles. The molecule has 1 rings (SSSR count). The number of nitriles is 1. The molecule has 88 valence electrons. The topological polar surface area (TPSA) is 75.8 Å². The minimum atomic E-state index is -3.91. The van der Waals surface area contributed by atoms with E-state index in [1.54, 1.807) is 6.92 Å². The maximum atomic E-state index is 11.3. The van der Waals surface area contributed by atoms with Crippen LogP contribution in [0.4, 0.5) is 0 Å². The van der Waals surface area contributed by atoms with Gasteiger partial charge in [-0.25, -0.2) is 8.42 Å². The summed E-state index contributed by atoms with van der Waals surface area (Å²) in [5, 5.41) is 12.4. The van der Waals surface area contributed by atoms with Crippen molar-refractivity contribution in [2.24, 2.45) is 0 Å². The number of aromatic nitrogens is 2. The maximum Gasteiger partial charge on any atom is 0.266 e. The molecule has 0 aliphatic rings. The molecule has 0 fully saturated rings. The lowest BCUT2D eigenvalue weighted by molar-refractivity contribution is 0.607. The van der Waals surface area contributed by atoms with E-state index in [0.29, 0.717) is 12.1 Å². The molecule has 0 spiro atoms. The van der Waals surface area contributed by atoms with Crippen LogP contribution in [0.3, 0.4) is 0 Å². The van der Waals surface area contributed by atoms with Gasteiger partial charge in [-0.15, -0.1) is 0 Å². The molecule has 0 saturated carbocycles. The first kappa shape index (κ1) is 13.3. The highest BCUT2D eigenvalue weighted by molar-refractivity contribution is 8.13. The van der Waals surface area contributed by atoms with E-state index in [0.717, 1.165) is 0 Å². The second kappa shape index (κ2) is 5.04. The molecule has 0 radical (unpaired) electrons. The standard InChI is InChI=1S/C8H9Cl2N3O2S/c1-2-6-7(16(10,14)15)8(9)13(12-6)5-3-4-11/h2-3,5H2,1H3. The Bertz CT molecular complexity index is 530. The van der Waals surface area contributed by atoms with Crippen molar-refractivity contribution in [3.8, 4) is 6.07 Å². The van der Waals surface area contributed by atoms with Crippen LogP contribution in [0.1, 0.15) is 19.0 Å². The van der Waals surface area contributed by atoms with E-state index in [1.807, 2.05) is 6.07 Å². The lowest BCUT2D eigenvalue weighted by atomic mass is 10.3. The molecule has 1 heterocycles. The SMILES string of the molecule is CCc1nn(CCC#N)c(Cl)c1S(=O)(=O)Cl. The summed E-state index contributed by atoms with van der Waals surface area (Å²) in [4.78, 5) is -0.156. The normalized spacial score (nSPS) is 11.4. The van der Waals surface area contributed by atoms with E-state index in [-0.39, 0.29) is 23.0 Å². The lowest BCUT2D eigenvalue weighted by Crippen LogP contribution is -2.00. The molecule has 0 aliphatic heterocycles. The first-order valence-electron chi connectivity index (χ1n) is 4.48. The molecule has 8 heteroatoms. The molecule has 0 N–H and O–H groups in total. The largest absolute Gasteiger partial charge is 0.266 e. The van der Waals surface area contributed by atoms with Gasteiger partial charge in [-0.05, 0) is 6.42 Å². The molecule has 0 unspecified atom stereocenters. The van der Waals surface area contributed by atoms with E-state index in [1.165, 1.54) is 4.68 Å². The third-order valence-electron chi connectivity index (χ3n) is 1.93. The van der Waals surface area contributed by atoms with Crippen molar-refractivity contribution >= 4 is 31.3 Å². The zero-order valence-corrected chi connectivity index (χ0v) is 10.8. The average Bonchev–Trinajstić information content (AvgIpc) is 2.51. The van der Waals surface area contributed by atoms with E-state index in [2.05, 4.69) is 5.10 Å². The molecule has 5 nitrogen and oxygen atoms in total. The fraction of sp³-hybridized carbons (Fsp3) is 0.500. The van der Waals surface area contributed by atoms with Gasteiger partial charge in [-0.3, -0.25) is 4.68 Å². The van der Waals surface area contributed by atoms with Crippen molar-refractivity contribution in [1.82, 2.24) is 9.78 Å². The van der Waals surface area contributed by atoms with Gasteiger partial charge in [-0.1, -0.05) is 18.5 Å². The minimum absolute atomic E-state index is 0.0397. The van der Waals surface area contributed by atoms with Gasteiger partial charge in [0.15, 0.2) is 0 Å². The maximum absolute atomic E-state index is 11.3. The summed E-state index contributed by atoms with van der Waals surface area (Å²) in [5.41, 5.74) is 0.318. The van der Waals surface area contributed by atoms with Crippen LogP contribution in [0.5, 0.6) is 0 Å². The monoisotopic (exact) mass is 281 g/mol. The first-order chi connectivity index (χ1) is 7.41. The highest BCUT2D eigenvalue weighted by atomic mass is 35.7. The van der Waals surface area contributed by atoms with E-state index >= 15 is 0 Å². The molecular weight excluding hydrogens is 273 g/mol. The van der Waals surface area contributed by atoms with Gasteiger partial charge in [0, 0.05) is 10.7 Å². The summed E-state index contributed by atoms with van der Waals surface area (Å²) in [7, 11) is 1.36. The lowest BCUT2D eigenvalue weighted by Gasteiger charge is -1.98. The number of halogens is 2. The predicted octanol–water partition coefficient (Wildman–Crippen LogP) is 1.94. The molecule has 0 aromatic carbocycles. The molecule has 1 aromatic rings. The van der Waals surface area contributed by atoms with E-state index < -0.39 is 9.05 Å². The van der Waals surface area contributed by atoms with Crippen molar-refractivity contribution in [2.75, 3.05) is 0 Å². The molecule has 0 saturated heterocycles. The third kappa shape index (κ3) is 2.67. The van der Waals surface area contributed by atoms with Gasteiger partial charge in [0.05, 0.1) is 24.7 Å². The minimum Gasteiger partial charge on any atom is -0.251 e. The van der Waals surface area contributed by atoms with Crippen molar-refractivity contribution in [1.29, 1.82) is 5.26 Å². The summed E-state index contributed by atoms with van der Waals surface area (Å²) in [6.07, 6.45) is 0.604. The van der Waals surface area contributed by atoms with Gasteiger partial charge in [0.1, 0.15) is 10.0 Å². The van der Waals surface area contributed by atoms with E-state index in [9.17, 15) is 8.42 Å². The third-order valence-corrected chi connectivity index (χ3v) is 3.81. The zero-order chi connectivity index (χ0) is 12.3. The summed E-state index contributed by atoms with van der Waals surface area (Å²) >= 11 is 5.86. The summed E-state index contributed by atoms with van der Waals surface area (Å²) in [6.45, 7) is 1.99. The predicted molar refractivity (Wildman–Crippen MR) is 59.9 cm³/mol. The molecule has 0 amide bonds. The van der Waals surface area contributed by atoms with Crippen molar-refractivity contribution in [3.05, 3.63) is 10.8 Å². The van der Waals surface area contributed by atoms with Gasteiger partial charge < -0.3 is 0 Å². The summed E-state index contributed by atoms with van der Waals surface area (Å²) < 4.78 is 23.8.